The molecular weight excluding hydrogens is 348 g/mol. The van der Waals surface area contributed by atoms with Gasteiger partial charge in [-0.25, -0.2) is 4.79 Å². The van der Waals surface area contributed by atoms with Crippen LogP contribution in [-0.2, 0) is 4.74 Å². The molecule has 0 N–H and O–H groups in total. The molecular formula is C20H22N2O5. The van der Waals surface area contributed by atoms with Gasteiger partial charge in [-0.15, -0.1) is 0 Å². The van der Waals surface area contributed by atoms with Gasteiger partial charge in [-0.1, -0.05) is 17.7 Å². The number of nitro benzene ring substituents is 1. The van der Waals surface area contributed by atoms with Gasteiger partial charge in [0.15, 0.2) is 6.10 Å². The topological polar surface area (TPSA) is 89.8 Å². The molecule has 1 atom stereocenters. The number of benzene rings is 2. The number of esters is 1. The number of carbonyl (C=O) groups excluding carboxylic acids is 2. The van der Waals surface area contributed by atoms with Crippen LogP contribution in [0.4, 0.5) is 11.4 Å². The van der Waals surface area contributed by atoms with Crippen molar-refractivity contribution < 1.29 is 19.2 Å². The van der Waals surface area contributed by atoms with E-state index in [1.807, 2.05) is 26.0 Å². The number of ether oxygens (including phenoxy) is 1. The molecule has 0 amide bonds. The first-order valence-electron chi connectivity index (χ1n) is 8.40. The second kappa shape index (κ2) is 7.99. The standard InChI is InChI=1S/C20H22N2O5/c1-12-6-7-13(2)16(10-12)19(23)14(3)27-20(24)15-8-9-17(21(4)5)18(11-15)22(25)26/h6-11,14H,1-5H3/t14-/m0/s1. The van der Waals surface area contributed by atoms with Gasteiger partial charge >= 0.3 is 5.97 Å². The highest BCUT2D eigenvalue weighted by atomic mass is 16.6. The van der Waals surface area contributed by atoms with Crippen molar-refractivity contribution in [1.82, 2.24) is 0 Å². The molecule has 0 bridgehead atoms. The van der Waals surface area contributed by atoms with Gasteiger partial charge in [-0.05, 0) is 44.5 Å². The molecule has 0 radical (unpaired) electrons. The number of nitrogens with zero attached hydrogens (tertiary/aromatic N) is 2. The lowest BCUT2D eigenvalue weighted by Gasteiger charge is -2.16. The molecule has 2 rings (SSSR count). The minimum atomic E-state index is -1.01. The largest absolute Gasteiger partial charge is 0.451 e. The van der Waals surface area contributed by atoms with Gasteiger partial charge in [0.05, 0.1) is 10.5 Å². The van der Waals surface area contributed by atoms with Crippen LogP contribution >= 0.6 is 0 Å². The van der Waals surface area contributed by atoms with Crippen LogP contribution in [-0.4, -0.2) is 36.9 Å². The third kappa shape index (κ3) is 4.49. The van der Waals surface area contributed by atoms with Crippen molar-refractivity contribution in [2.45, 2.75) is 26.9 Å². The lowest BCUT2D eigenvalue weighted by Crippen LogP contribution is -2.25. The highest BCUT2D eigenvalue weighted by molar-refractivity contribution is 6.02. The fraction of sp³-hybridized carbons (Fsp3) is 0.300. The van der Waals surface area contributed by atoms with Gasteiger partial charge < -0.3 is 9.64 Å². The zero-order valence-corrected chi connectivity index (χ0v) is 16.0. The molecule has 0 aliphatic rings. The predicted molar refractivity (Wildman–Crippen MR) is 103 cm³/mol. The summed E-state index contributed by atoms with van der Waals surface area (Å²) in [6.45, 7) is 5.17. The number of ketones is 1. The molecule has 0 fully saturated rings. The smallest absolute Gasteiger partial charge is 0.339 e. The van der Waals surface area contributed by atoms with Gasteiger partial charge in [0.25, 0.3) is 5.69 Å². The SMILES string of the molecule is Cc1ccc(C)c(C(=O)[C@H](C)OC(=O)c2ccc(N(C)C)c([N+](=O)[O-])c2)c1. The summed E-state index contributed by atoms with van der Waals surface area (Å²) in [5, 5.41) is 11.3. The summed E-state index contributed by atoms with van der Waals surface area (Å²) in [7, 11) is 3.34. The average Bonchev–Trinajstić information content (AvgIpc) is 2.62. The molecule has 0 spiro atoms. The normalized spacial score (nSPS) is 11.6. The van der Waals surface area contributed by atoms with Crippen LogP contribution in [0.2, 0.25) is 0 Å². The van der Waals surface area contributed by atoms with Crippen LogP contribution in [0.1, 0.15) is 38.8 Å². The van der Waals surface area contributed by atoms with Crippen molar-refractivity contribution in [2.75, 3.05) is 19.0 Å². The van der Waals surface area contributed by atoms with Crippen molar-refractivity contribution in [2.24, 2.45) is 0 Å². The molecule has 0 aromatic heterocycles. The van der Waals surface area contributed by atoms with Crippen LogP contribution in [0.15, 0.2) is 36.4 Å². The van der Waals surface area contributed by atoms with E-state index >= 15 is 0 Å². The van der Waals surface area contributed by atoms with Gasteiger partial charge in [0, 0.05) is 25.7 Å². The van der Waals surface area contributed by atoms with Crippen LogP contribution in [0.25, 0.3) is 0 Å². The van der Waals surface area contributed by atoms with Crippen molar-refractivity contribution in [3.8, 4) is 0 Å². The number of nitro groups is 1. The Kier molecular flexibility index (Phi) is 5.95. The fourth-order valence-corrected chi connectivity index (χ4v) is 2.68. The Balaban J connectivity index is 2.23. The van der Waals surface area contributed by atoms with Crippen molar-refractivity contribution in [1.29, 1.82) is 0 Å². The first-order chi connectivity index (χ1) is 12.6. The highest BCUT2D eigenvalue weighted by Gasteiger charge is 2.24. The number of carbonyl (C=O) groups is 2. The Labute approximate surface area is 157 Å². The molecule has 0 aliphatic carbocycles. The third-order valence-corrected chi connectivity index (χ3v) is 4.20. The molecule has 0 saturated carbocycles. The minimum absolute atomic E-state index is 0.0212. The number of aryl methyl sites for hydroxylation is 2. The van der Waals surface area contributed by atoms with Gasteiger partial charge in [-0.3, -0.25) is 14.9 Å². The van der Waals surface area contributed by atoms with E-state index in [1.165, 1.54) is 19.1 Å². The second-order valence-corrected chi connectivity index (χ2v) is 6.59. The first-order valence-corrected chi connectivity index (χ1v) is 8.40. The zero-order chi connectivity index (χ0) is 20.3. The summed E-state index contributed by atoms with van der Waals surface area (Å²) in [5.74, 6) is -1.10. The summed E-state index contributed by atoms with van der Waals surface area (Å²) >= 11 is 0. The van der Waals surface area contributed by atoms with E-state index in [2.05, 4.69) is 0 Å². The molecule has 2 aromatic carbocycles. The average molecular weight is 370 g/mol. The minimum Gasteiger partial charge on any atom is -0.451 e. The quantitative estimate of drug-likeness (QED) is 0.333. The van der Waals surface area contributed by atoms with E-state index in [9.17, 15) is 19.7 Å². The molecule has 7 nitrogen and oxygen atoms in total. The Bertz CT molecular complexity index is 905. The van der Waals surface area contributed by atoms with Crippen LogP contribution < -0.4 is 4.90 Å². The van der Waals surface area contributed by atoms with Crippen molar-refractivity contribution >= 4 is 23.1 Å². The van der Waals surface area contributed by atoms with Gasteiger partial charge in [0.2, 0.25) is 5.78 Å². The number of hydrogen-bond acceptors (Lipinski definition) is 6. The first kappa shape index (κ1) is 20.1. The Hall–Kier alpha value is -3.22. The van der Waals surface area contributed by atoms with Crippen LogP contribution in [0.3, 0.4) is 0 Å². The Morgan fingerprint density at radius 3 is 2.37 bits per heavy atom. The third-order valence-electron chi connectivity index (χ3n) is 4.20. The fourth-order valence-electron chi connectivity index (χ4n) is 2.68. The number of Topliss-reactive ketones (excluding diaryl/α,β-unsaturated/α-hetero) is 1. The van der Waals surface area contributed by atoms with Crippen molar-refractivity contribution in [3.05, 3.63) is 68.8 Å². The molecule has 7 heteroatoms. The number of anilines is 1. The van der Waals surface area contributed by atoms with E-state index in [0.717, 1.165) is 17.2 Å². The highest BCUT2D eigenvalue weighted by Crippen LogP contribution is 2.28. The second-order valence-electron chi connectivity index (χ2n) is 6.59. The summed E-state index contributed by atoms with van der Waals surface area (Å²) in [5.41, 5.74) is 2.40. The maximum Gasteiger partial charge on any atom is 0.339 e. The van der Waals surface area contributed by atoms with Gasteiger partial charge in [-0.2, -0.15) is 0 Å². The van der Waals surface area contributed by atoms with Crippen molar-refractivity contribution in [3.63, 3.8) is 0 Å². The lowest BCUT2D eigenvalue weighted by atomic mass is 9.99. The van der Waals surface area contributed by atoms with E-state index in [4.69, 9.17) is 4.74 Å². The van der Waals surface area contributed by atoms with E-state index < -0.39 is 17.0 Å². The van der Waals surface area contributed by atoms with Crippen LogP contribution in [0.5, 0.6) is 0 Å². The number of hydrogen-bond donors (Lipinski definition) is 0. The summed E-state index contributed by atoms with van der Waals surface area (Å²) < 4.78 is 5.26. The Morgan fingerprint density at radius 1 is 1.11 bits per heavy atom. The maximum absolute atomic E-state index is 12.6. The monoisotopic (exact) mass is 370 g/mol. The lowest BCUT2D eigenvalue weighted by molar-refractivity contribution is -0.384. The summed E-state index contributed by atoms with van der Waals surface area (Å²) in [4.78, 5) is 37.3. The molecule has 0 aliphatic heterocycles. The molecule has 0 unspecified atom stereocenters. The van der Waals surface area contributed by atoms with E-state index in [-0.39, 0.29) is 17.0 Å². The molecule has 2 aromatic rings. The summed E-state index contributed by atoms with van der Waals surface area (Å²) in [6, 6.07) is 9.56. The summed E-state index contributed by atoms with van der Waals surface area (Å²) in [6.07, 6.45) is -1.01. The maximum atomic E-state index is 12.6. The molecule has 0 heterocycles. The zero-order valence-electron chi connectivity index (χ0n) is 16.0. The van der Waals surface area contributed by atoms with Gasteiger partial charge in [0.1, 0.15) is 5.69 Å². The van der Waals surface area contributed by atoms with E-state index in [0.29, 0.717) is 11.3 Å². The van der Waals surface area contributed by atoms with E-state index in [1.54, 1.807) is 25.1 Å². The molecule has 27 heavy (non-hydrogen) atoms. The Morgan fingerprint density at radius 2 is 1.78 bits per heavy atom. The molecule has 142 valence electrons. The predicted octanol–water partition coefficient (Wildman–Crippen LogP) is 3.71. The molecule has 0 saturated heterocycles. The van der Waals surface area contributed by atoms with Crippen LogP contribution in [0, 0.1) is 24.0 Å². The number of rotatable bonds is 6.